The van der Waals surface area contributed by atoms with Crippen LogP contribution in [0.2, 0.25) is 0 Å². The number of aryl methyl sites for hydroxylation is 1. The summed E-state index contributed by atoms with van der Waals surface area (Å²) in [6.07, 6.45) is 2.56. The second-order valence-electron chi connectivity index (χ2n) is 4.39. The number of pyridine rings is 1. The molecule has 0 aliphatic rings. The number of aromatic nitrogens is 2. The standard InChI is InChI=1S/C13H19N3O/c1-10(17)6-7-14-9-12-11(2)15-13-5-3-4-8-16(12)13/h3-5,8,10,14,17H,6-7,9H2,1-2H3. The number of hydrogen-bond acceptors (Lipinski definition) is 3. The summed E-state index contributed by atoms with van der Waals surface area (Å²) in [5, 5.41) is 12.5. The molecule has 0 aliphatic carbocycles. The van der Waals surface area contributed by atoms with Gasteiger partial charge in [-0.25, -0.2) is 4.98 Å². The van der Waals surface area contributed by atoms with E-state index in [9.17, 15) is 5.11 Å². The molecule has 92 valence electrons. The average Bonchev–Trinajstić information content (AvgIpc) is 2.60. The van der Waals surface area contributed by atoms with Crippen LogP contribution in [0.1, 0.15) is 24.7 Å². The Balaban J connectivity index is 2.05. The zero-order valence-corrected chi connectivity index (χ0v) is 10.3. The van der Waals surface area contributed by atoms with Gasteiger partial charge in [0.1, 0.15) is 5.65 Å². The third-order valence-corrected chi connectivity index (χ3v) is 2.86. The average molecular weight is 233 g/mol. The number of imidazole rings is 1. The van der Waals surface area contributed by atoms with Crippen LogP contribution >= 0.6 is 0 Å². The van der Waals surface area contributed by atoms with Gasteiger partial charge in [0.2, 0.25) is 0 Å². The Morgan fingerprint density at radius 3 is 3.06 bits per heavy atom. The Hall–Kier alpha value is -1.39. The van der Waals surface area contributed by atoms with Crippen LogP contribution in [0.3, 0.4) is 0 Å². The zero-order chi connectivity index (χ0) is 12.3. The molecule has 2 aromatic rings. The summed E-state index contributed by atoms with van der Waals surface area (Å²) in [4.78, 5) is 4.50. The van der Waals surface area contributed by atoms with Crippen molar-refractivity contribution < 1.29 is 5.11 Å². The summed E-state index contributed by atoms with van der Waals surface area (Å²) in [6.45, 7) is 5.43. The van der Waals surface area contributed by atoms with Crippen molar-refractivity contribution in [2.75, 3.05) is 6.54 Å². The predicted molar refractivity (Wildman–Crippen MR) is 67.9 cm³/mol. The molecular weight excluding hydrogens is 214 g/mol. The summed E-state index contributed by atoms with van der Waals surface area (Å²) >= 11 is 0. The van der Waals surface area contributed by atoms with E-state index in [0.717, 1.165) is 30.9 Å². The van der Waals surface area contributed by atoms with Gasteiger partial charge in [-0.1, -0.05) is 6.07 Å². The lowest BCUT2D eigenvalue weighted by Gasteiger charge is -2.07. The fourth-order valence-electron chi connectivity index (χ4n) is 1.89. The van der Waals surface area contributed by atoms with Gasteiger partial charge in [0.05, 0.1) is 17.5 Å². The van der Waals surface area contributed by atoms with Gasteiger partial charge in [-0.15, -0.1) is 0 Å². The highest BCUT2D eigenvalue weighted by atomic mass is 16.3. The van der Waals surface area contributed by atoms with Gasteiger partial charge in [0, 0.05) is 12.7 Å². The Kier molecular flexibility index (Phi) is 3.76. The Morgan fingerprint density at radius 1 is 1.47 bits per heavy atom. The first-order valence-corrected chi connectivity index (χ1v) is 6.00. The minimum atomic E-state index is -0.245. The number of aliphatic hydroxyl groups excluding tert-OH is 1. The monoisotopic (exact) mass is 233 g/mol. The quantitative estimate of drug-likeness (QED) is 0.769. The molecule has 0 radical (unpaired) electrons. The smallest absolute Gasteiger partial charge is 0.137 e. The molecule has 2 rings (SSSR count). The number of nitrogens with one attached hydrogen (secondary N) is 1. The minimum absolute atomic E-state index is 0.245. The fraction of sp³-hybridized carbons (Fsp3) is 0.462. The SMILES string of the molecule is Cc1nc2ccccn2c1CNCCC(C)O. The molecule has 0 fully saturated rings. The highest BCUT2D eigenvalue weighted by Crippen LogP contribution is 2.11. The Morgan fingerprint density at radius 2 is 2.29 bits per heavy atom. The number of nitrogens with zero attached hydrogens (tertiary/aromatic N) is 2. The summed E-state index contributed by atoms with van der Waals surface area (Å²) in [6, 6.07) is 6.01. The molecule has 0 saturated heterocycles. The second-order valence-corrected chi connectivity index (χ2v) is 4.39. The van der Waals surface area contributed by atoms with Crippen molar-refractivity contribution in [1.82, 2.24) is 14.7 Å². The van der Waals surface area contributed by atoms with Crippen LogP contribution in [0.5, 0.6) is 0 Å². The van der Waals surface area contributed by atoms with E-state index in [-0.39, 0.29) is 6.10 Å². The normalized spacial score (nSPS) is 13.1. The molecule has 2 aromatic heterocycles. The maximum atomic E-state index is 9.18. The topological polar surface area (TPSA) is 49.6 Å². The van der Waals surface area contributed by atoms with Crippen molar-refractivity contribution in [2.45, 2.75) is 32.9 Å². The molecule has 0 aromatic carbocycles. The van der Waals surface area contributed by atoms with Crippen molar-refractivity contribution in [3.63, 3.8) is 0 Å². The largest absolute Gasteiger partial charge is 0.393 e. The summed E-state index contributed by atoms with van der Waals surface area (Å²) in [7, 11) is 0. The summed E-state index contributed by atoms with van der Waals surface area (Å²) in [5.74, 6) is 0. The molecule has 4 nitrogen and oxygen atoms in total. The lowest BCUT2D eigenvalue weighted by molar-refractivity contribution is 0.183. The van der Waals surface area contributed by atoms with Gasteiger partial charge in [-0.3, -0.25) is 0 Å². The van der Waals surface area contributed by atoms with E-state index in [4.69, 9.17) is 0 Å². The molecule has 0 saturated carbocycles. The van der Waals surface area contributed by atoms with E-state index >= 15 is 0 Å². The third kappa shape index (κ3) is 2.84. The Bertz CT molecular complexity index is 490. The van der Waals surface area contributed by atoms with Crippen molar-refractivity contribution in [1.29, 1.82) is 0 Å². The maximum absolute atomic E-state index is 9.18. The first-order valence-electron chi connectivity index (χ1n) is 6.00. The molecule has 17 heavy (non-hydrogen) atoms. The van der Waals surface area contributed by atoms with Crippen LogP contribution < -0.4 is 5.32 Å². The molecule has 0 spiro atoms. The highest BCUT2D eigenvalue weighted by Gasteiger charge is 2.07. The minimum Gasteiger partial charge on any atom is -0.393 e. The van der Waals surface area contributed by atoms with Gasteiger partial charge in [0.15, 0.2) is 0 Å². The van der Waals surface area contributed by atoms with E-state index in [1.54, 1.807) is 6.92 Å². The van der Waals surface area contributed by atoms with E-state index in [1.807, 2.05) is 31.3 Å². The summed E-state index contributed by atoms with van der Waals surface area (Å²) in [5.41, 5.74) is 3.23. The van der Waals surface area contributed by atoms with Gasteiger partial charge < -0.3 is 14.8 Å². The lowest BCUT2D eigenvalue weighted by Crippen LogP contribution is -2.19. The van der Waals surface area contributed by atoms with Gasteiger partial charge in [-0.05, 0) is 38.9 Å². The van der Waals surface area contributed by atoms with Crippen LogP contribution in [-0.4, -0.2) is 27.1 Å². The third-order valence-electron chi connectivity index (χ3n) is 2.86. The van der Waals surface area contributed by atoms with Gasteiger partial charge >= 0.3 is 0 Å². The van der Waals surface area contributed by atoms with Crippen molar-refractivity contribution in [3.05, 3.63) is 35.8 Å². The fourth-order valence-corrected chi connectivity index (χ4v) is 1.89. The Labute approximate surface area is 101 Å². The van der Waals surface area contributed by atoms with Crippen molar-refractivity contribution in [2.24, 2.45) is 0 Å². The highest BCUT2D eigenvalue weighted by molar-refractivity contribution is 5.42. The van der Waals surface area contributed by atoms with Crippen molar-refractivity contribution >= 4 is 5.65 Å². The zero-order valence-electron chi connectivity index (χ0n) is 10.3. The number of hydrogen-bond donors (Lipinski definition) is 2. The van der Waals surface area contributed by atoms with E-state index in [2.05, 4.69) is 14.7 Å². The van der Waals surface area contributed by atoms with Crippen LogP contribution in [0.25, 0.3) is 5.65 Å². The lowest BCUT2D eigenvalue weighted by atomic mass is 10.3. The first kappa shape index (κ1) is 12.1. The van der Waals surface area contributed by atoms with Crippen LogP contribution in [0.4, 0.5) is 0 Å². The number of aliphatic hydroxyl groups is 1. The molecular formula is C13H19N3O. The second kappa shape index (κ2) is 5.29. The predicted octanol–water partition coefficient (Wildman–Crippen LogP) is 1.50. The maximum Gasteiger partial charge on any atom is 0.137 e. The molecule has 2 heterocycles. The van der Waals surface area contributed by atoms with Crippen LogP contribution in [-0.2, 0) is 6.54 Å². The van der Waals surface area contributed by atoms with Crippen LogP contribution in [0, 0.1) is 6.92 Å². The van der Waals surface area contributed by atoms with E-state index in [0.29, 0.717) is 0 Å². The first-order chi connectivity index (χ1) is 8.18. The number of fused-ring (bicyclic) bond motifs is 1. The van der Waals surface area contributed by atoms with Gasteiger partial charge in [-0.2, -0.15) is 0 Å². The molecule has 1 unspecified atom stereocenters. The van der Waals surface area contributed by atoms with Crippen LogP contribution in [0.15, 0.2) is 24.4 Å². The van der Waals surface area contributed by atoms with E-state index in [1.165, 1.54) is 5.69 Å². The molecule has 1 atom stereocenters. The molecule has 0 amide bonds. The molecule has 4 heteroatoms. The molecule has 0 aliphatic heterocycles. The van der Waals surface area contributed by atoms with E-state index < -0.39 is 0 Å². The molecule has 2 N–H and O–H groups in total. The number of rotatable bonds is 5. The van der Waals surface area contributed by atoms with Crippen molar-refractivity contribution in [3.8, 4) is 0 Å². The summed E-state index contributed by atoms with van der Waals surface area (Å²) < 4.78 is 2.10. The van der Waals surface area contributed by atoms with Gasteiger partial charge in [0.25, 0.3) is 0 Å². The molecule has 0 bridgehead atoms.